The van der Waals surface area contributed by atoms with Gasteiger partial charge in [0.25, 0.3) is 15.9 Å². The molecule has 6 rings (SSSR count). The van der Waals surface area contributed by atoms with Crippen molar-refractivity contribution in [1.29, 1.82) is 5.26 Å². The van der Waals surface area contributed by atoms with Gasteiger partial charge in [-0.1, -0.05) is 25.1 Å². The zero-order valence-corrected chi connectivity index (χ0v) is 28.9. The Bertz CT molecular complexity index is 1920. The number of nitrogens with one attached hydrogen (secondary N) is 1. The first-order valence-electron chi connectivity index (χ1n) is 16.9. The van der Waals surface area contributed by atoms with Gasteiger partial charge >= 0.3 is 6.03 Å². The molecule has 0 spiro atoms. The summed E-state index contributed by atoms with van der Waals surface area (Å²) in [5, 5.41) is 12.8. The van der Waals surface area contributed by atoms with Crippen LogP contribution in [0.1, 0.15) is 49.8 Å². The van der Waals surface area contributed by atoms with E-state index in [1.165, 1.54) is 18.2 Å². The maximum absolute atomic E-state index is 15.1. The summed E-state index contributed by atoms with van der Waals surface area (Å²) in [7, 11) is -5.02. The molecular weight excluding hydrogens is 666 g/mol. The predicted octanol–water partition coefficient (Wildman–Crippen LogP) is 4.42. The average Bonchev–Trinajstić information content (AvgIpc) is 3.36. The average molecular weight is 707 g/mol. The van der Waals surface area contributed by atoms with Crippen LogP contribution in [0, 0.1) is 23.0 Å². The summed E-state index contributed by atoms with van der Waals surface area (Å²) in [6, 6.07) is 14.0. The molecule has 3 aromatic rings. The number of piperazine rings is 1. The van der Waals surface area contributed by atoms with Crippen molar-refractivity contribution in [2.24, 2.45) is 0 Å². The van der Waals surface area contributed by atoms with Crippen LogP contribution in [0.5, 0.6) is 5.75 Å². The molecule has 50 heavy (non-hydrogen) atoms. The summed E-state index contributed by atoms with van der Waals surface area (Å²) in [5.41, 5.74) is -2.18. The molecule has 264 valence electrons. The van der Waals surface area contributed by atoms with E-state index in [9.17, 15) is 27.7 Å². The number of hydrogen-bond acceptors (Lipinski definition) is 8. The zero-order chi connectivity index (χ0) is 35.6. The number of amides is 3. The van der Waals surface area contributed by atoms with Crippen molar-refractivity contribution >= 4 is 27.6 Å². The number of nitriles is 1. The Labute approximate surface area is 291 Å². The fourth-order valence-electron chi connectivity index (χ4n) is 7.33. The summed E-state index contributed by atoms with van der Waals surface area (Å²) in [4.78, 5) is 34.9. The molecule has 3 heterocycles. The predicted molar refractivity (Wildman–Crippen MR) is 182 cm³/mol. The summed E-state index contributed by atoms with van der Waals surface area (Å²) in [5.74, 6) is -3.32. The lowest BCUT2D eigenvalue weighted by Crippen LogP contribution is -2.59. The fraction of sp³-hybridized carbons (Fsp3) is 0.417. The lowest BCUT2D eigenvalue weighted by Gasteiger charge is -2.43. The number of carbonyl (C=O) groups excluding carboxylic acids is 2. The second-order valence-electron chi connectivity index (χ2n) is 12.7. The Morgan fingerprint density at radius 1 is 0.980 bits per heavy atom. The van der Waals surface area contributed by atoms with Gasteiger partial charge in [0.05, 0.1) is 23.9 Å². The van der Waals surface area contributed by atoms with Crippen LogP contribution in [-0.2, 0) is 20.4 Å². The molecule has 2 saturated heterocycles. The molecule has 2 fully saturated rings. The number of fused-ring (bicyclic) bond motifs is 1. The Balaban J connectivity index is 1.39. The smallest absolute Gasteiger partial charge is 0.318 e. The lowest BCUT2D eigenvalue weighted by molar-refractivity contribution is -0.121. The second-order valence-corrected chi connectivity index (χ2v) is 14.5. The third-order valence-electron chi connectivity index (χ3n) is 9.77. The maximum atomic E-state index is 15.1. The van der Waals surface area contributed by atoms with Crippen LogP contribution in [0.4, 0.5) is 19.3 Å². The quantitative estimate of drug-likeness (QED) is 0.347. The molecule has 3 aromatic carbocycles. The van der Waals surface area contributed by atoms with E-state index in [4.69, 9.17) is 4.74 Å². The van der Waals surface area contributed by atoms with Gasteiger partial charge < -0.3 is 19.9 Å². The first-order chi connectivity index (χ1) is 24.0. The van der Waals surface area contributed by atoms with Crippen LogP contribution in [0.3, 0.4) is 0 Å². The van der Waals surface area contributed by atoms with Crippen LogP contribution in [0.15, 0.2) is 65.6 Å². The van der Waals surface area contributed by atoms with Crippen molar-refractivity contribution < 1.29 is 31.5 Å². The highest BCUT2D eigenvalue weighted by molar-refractivity contribution is 7.93. The molecule has 3 aliphatic rings. The SMILES string of the molecule is CCCN1CCN(C2CCN(C(=O)NC3(c4ccccc4OCC)C(=O)N(S(=O)(=O)c4ccc(F)cc4F)c4ccc(C#N)cc43)CC2)CC1. The van der Waals surface area contributed by atoms with Crippen LogP contribution < -0.4 is 14.4 Å². The summed E-state index contributed by atoms with van der Waals surface area (Å²) in [6.45, 7) is 9.90. The van der Waals surface area contributed by atoms with Crippen LogP contribution >= 0.6 is 0 Å². The number of carbonyl (C=O) groups is 2. The molecular formula is C36H40F2N6O5S. The number of ether oxygens (including phenoxy) is 1. The van der Waals surface area contributed by atoms with E-state index in [-0.39, 0.29) is 34.7 Å². The van der Waals surface area contributed by atoms with Gasteiger partial charge in [-0.15, -0.1) is 0 Å². The van der Waals surface area contributed by atoms with E-state index in [2.05, 4.69) is 22.0 Å². The Hall–Kier alpha value is -4.58. The van der Waals surface area contributed by atoms with Crippen molar-refractivity contribution in [3.8, 4) is 11.8 Å². The number of piperidine rings is 1. The standard InChI is InChI=1S/C36H40F2N6O5S/c1-3-15-41-18-20-42(21-19-41)27-13-16-43(17-14-27)35(46)40-36(28-7-5-6-8-32(28)49-4-2)29-22-25(24-39)9-11-31(29)44(34(36)45)50(47,48)33-12-10-26(37)23-30(33)38/h5-12,22-23,27H,3-4,13-21H2,1-2H3,(H,40,46). The largest absolute Gasteiger partial charge is 0.493 e. The minimum atomic E-state index is -5.02. The van der Waals surface area contributed by atoms with Gasteiger partial charge in [-0.25, -0.2) is 22.0 Å². The Kier molecular flexibility index (Phi) is 10.1. The number of urea groups is 1. The molecule has 1 N–H and O–H groups in total. The van der Waals surface area contributed by atoms with Gasteiger partial charge in [0.1, 0.15) is 22.3 Å². The minimum absolute atomic E-state index is 0.00650. The van der Waals surface area contributed by atoms with Gasteiger partial charge in [0.2, 0.25) is 0 Å². The molecule has 1 unspecified atom stereocenters. The van der Waals surface area contributed by atoms with Gasteiger partial charge in [0.15, 0.2) is 5.54 Å². The van der Waals surface area contributed by atoms with Crippen molar-refractivity contribution in [2.45, 2.75) is 49.6 Å². The number of halogens is 2. The first kappa shape index (κ1) is 35.3. The van der Waals surface area contributed by atoms with Crippen molar-refractivity contribution in [2.75, 3.05) is 56.7 Å². The molecule has 3 amide bonds. The van der Waals surface area contributed by atoms with Gasteiger partial charge in [-0.3, -0.25) is 9.69 Å². The molecule has 11 nitrogen and oxygen atoms in total. The fourth-order valence-corrected chi connectivity index (χ4v) is 8.84. The molecule has 0 aliphatic carbocycles. The highest BCUT2D eigenvalue weighted by Gasteiger charge is 2.59. The topological polar surface area (TPSA) is 126 Å². The number of sulfonamides is 1. The molecule has 0 aromatic heterocycles. The number of likely N-dealkylation sites (tertiary alicyclic amines) is 1. The lowest BCUT2D eigenvalue weighted by atomic mass is 9.82. The first-order valence-corrected chi connectivity index (χ1v) is 18.3. The van der Waals surface area contributed by atoms with Gasteiger partial charge in [-0.05, 0) is 69.1 Å². The van der Waals surface area contributed by atoms with Gasteiger partial charge in [-0.2, -0.15) is 9.57 Å². The molecule has 0 radical (unpaired) electrons. The van der Waals surface area contributed by atoms with Crippen molar-refractivity contribution in [1.82, 2.24) is 20.0 Å². The number of para-hydroxylation sites is 1. The van der Waals surface area contributed by atoms with E-state index in [0.717, 1.165) is 64.1 Å². The highest BCUT2D eigenvalue weighted by atomic mass is 32.2. The summed E-state index contributed by atoms with van der Waals surface area (Å²) >= 11 is 0. The third-order valence-corrected chi connectivity index (χ3v) is 11.5. The van der Waals surface area contributed by atoms with E-state index >= 15 is 4.39 Å². The van der Waals surface area contributed by atoms with Crippen molar-refractivity contribution in [3.05, 3.63) is 89.0 Å². The number of benzene rings is 3. The number of rotatable bonds is 9. The monoisotopic (exact) mass is 706 g/mol. The summed E-state index contributed by atoms with van der Waals surface area (Å²) < 4.78 is 63.6. The van der Waals surface area contributed by atoms with Crippen LogP contribution in [0.25, 0.3) is 0 Å². The minimum Gasteiger partial charge on any atom is -0.493 e. The summed E-state index contributed by atoms with van der Waals surface area (Å²) in [6.07, 6.45) is 2.55. The highest BCUT2D eigenvalue weighted by Crippen LogP contribution is 2.49. The molecule has 1 atom stereocenters. The third kappa shape index (κ3) is 6.29. The van der Waals surface area contributed by atoms with E-state index in [1.54, 1.807) is 36.1 Å². The number of hydrogen-bond donors (Lipinski definition) is 1. The second kappa shape index (κ2) is 14.3. The molecule has 0 bridgehead atoms. The Morgan fingerprint density at radius 2 is 1.70 bits per heavy atom. The van der Waals surface area contributed by atoms with Gasteiger partial charge in [0, 0.05) is 62.5 Å². The normalized spacial score (nSPS) is 20.4. The van der Waals surface area contributed by atoms with Crippen LogP contribution in [0.2, 0.25) is 0 Å². The molecule has 14 heteroatoms. The number of anilines is 1. The van der Waals surface area contributed by atoms with E-state index < -0.39 is 44.0 Å². The maximum Gasteiger partial charge on any atom is 0.318 e. The Morgan fingerprint density at radius 3 is 2.36 bits per heavy atom. The van der Waals surface area contributed by atoms with Crippen LogP contribution in [-0.4, -0.2) is 93.5 Å². The van der Waals surface area contributed by atoms with E-state index in [1.807, 2.05) is 6.07 Å². The van der Waals surface area contributed by atoms with E-state index in [0.29, 0.717) is 29.5 Å². The molecule has 0 saturated carbocycles. The number of nitrogens with zero attached hydrogens (tertiary/aromatic N) is 5. The van der Waals surface area contributed by atoms with Crippen molar-refractivity contribution in [3.63, 3.8) is 0 Å². The zero-order valence-electron chi connectivity index (χ0n) is 28.1. The molecule has 3 aliphatic heterocycles.